The summed E-state index contributed by atoms with van der Waals surface area (Å²) in [6.45, 7) is 0.920. The van der Waals surface area contributed by atoms with Crippen molar-refractivity contribution in [1.82, 2.24) is 4.90 Å². The van der Waals surface area contributed by atoms with Crippen LogP contribution in [0.25, 0.3) is 0 Å². The van der Waals surface area contributed by atoms with Gasteiger partial charge in [0, 0.05) is 24.8 Å². The highest BCUT2D eigenvalue weighted by Gasteiger charge is 2.40. The van der Waals surface area contributed by atoms with E-state index in [1.165, 1.54) is 19.3 Å². The molecule has 0 aromatic heterocycles. The van der Waals surface area contributed by atoms with Crippen LogP contribution < -0.4 is 10.6 Å². The largest absolute Gasteiger partial charge is 0.399 e. The Morgan fingerprint density at radius 3 is 2.05 bits per heavy atom. The maximum Gasteiger partial charge on any atom is 0.0744 e. The molecule has 0 radical (unpaired) electrons. The van der Waals surface area contributed by atoms with Gasteiger partial charge in [-0.2, -0.15) is 0 Å². The normalized spacial score (nSPS) is 17.4. The summed E-state index contributed by atoms with van der Waals surface area (Å²) in [6, 6.07) is 3.50. The van der Waals surface area contributed by atoms with Crippen molar-refractivity contribution >= 4 is 34.6 Å². The fraction of sp³-hybridized carbons (Fsp3) is 0.571. The first-order valence-electron chi connectivity index (χ1n) is 6.49. The van der Waals surface area contributed by atoms with Gasteiger partial charge in [-0.05, 0) is 45.5 Å². The molecule has 0 unspecified atom stereocenters. The van der Waals surface area contributed by atoms with Crippen molar-refractivity contribution in [1.29, 1.82) is 0 Å². The van der Waals surface area contributed by atoms with Gasteiger partial charge in [-0.15, -0.1) is 0 Å². The van der Waals surface area contributed by atoms with Gasteiger partial charge < -0.3 is 15.5 Å². The van der Waals surface area contributed by atoms with Gasteiger partial charge in [0.05, 0.1) is 15.7 Å². The number of anilines is 2. The van der Waals surface area contributed by atoms with Crippen LogP contribution in [0.3, 0.4) is 0 Å². The number of nitrogens with zero attached hydrogens (tertiary/aromatic N) is 2. The molecule has 3 nitrogen and oxygen atoms in total. The molecule has 19 heavy (non-hydrogen) atoms. The third-order valence-corrected chi connectivity index (χ3v) is 4.76. The maximum absolute atomic E-state index is 6.28. The van der Waals surface area contributed by atoms with E-state index in [0.717, 1.165) is 12.2 Å². The van der Waals surface area contributed by atoms with Gasteiger partial charge in [-0.25, -0.2) is 0 Å². The molecule has 106 valence electrons. The van der Waals surface area contributed by atoms with Gasteiger partial charge in [0.2, 0.25) is 0 Å². The van der Waals surface area contributed by atoms with Crippen molar-refractivity contribution in [2.45, 2.75) is 24.8 Å². The smallest absolute Gasteiger partial charge is 0.0744 e. The summed E-state index contributed by atoms with van der Waals surface area (Å²) in [5, 5.41) is 1.22. The molecule has 0 spiro atoms. The summed E-state index contributed by atoms with van der Waals surface area (Å²) < 4.78 is 0. The first-order valence-corrected chi connectivity index (χ1v) is 7.24. The predicted octanol–water partition coefficient (Wildman–Crippen LogP) is 3.50. The van der Waals surface area contributed by atoms with Crippen molar-refractivity contribution in [3.8, 4) is 0 Å². The van der Waals surface area contributed by atoms with Gasteiger partial charge in [-0.1, -0.05) is 23.2 Å². The highest BCUT2D eigenvalue weighted by molar-refractivity contribution is 6.39. The van der Waals surface area contributed by atoms with Crippen molar-refractivity contribution in [3.05, 3.63) is 22.2 Å². The molecule has 5 heteroatoms. The summed E-state index contributed by atoms with van der Waals surface area (Å²) in [7, 11) is 6.31. The topological polar surface area (TPSA) is 32.5 Å². The number of halogens is 2. The van der Waals surface area contributed by atoms with E-state index in [2.05, 4.69) is 23.9 Å². The summed E-state index contributed by atoms with van der Waals surface area (Å²) in [6.07, 6.45) is 3.72. The highest BCUT2D eigenvalue weighted by atomic mass is 35.5. The van der Waals surface area contributed by atoms with Crippen LogP contribution in [0.5, 0.6) is 0 Å². The Kier molecular flexibility index (Phi) is 4.19. The number of hydrogen-bond donors (Lipinski definition) is 1. The zero-order valence-electron chi connectivity index (χ0n) is 11.7. The lowest BCUT2D eigenvalue weighted by atomic mass is 9.75. The second kappa shape index (κ2) is 5.39. The van der Waals surface area contributed by atoms with Gasteiger partial charge in [0.15, 0.2) is 0 Å². The van der Waals surface area contributed by atoms with E-state index in [1.54, 1.807) is 12.1 Å². The molecule has 0 heterocycles. The fourth-order valence-corrected chi connectivity index (χ4v) is 3.59. The summed E-state index contributed by atoms with van der Waals surface area (Å²) in [4.78, 5) is 4.45. The minimum absolute atomic E-state index is 0.239. The number of likely N-dealkylation sites (N-methyl/N-ethyl adjacent to an activating group) is 2. The Bertz CT molecular complexity index is 447. The average Bonchev–Trinajstić information content (AvgIpc) is 2.21. The fourth-order valence-electron chi connectivity index (χ4n) is 2.80. The van der Waals surface area contributed by atoms with E-state index in [-0.39, 0.29) is 5.54 Å². The Morgan fingerprint density at radius 2 is 1.68 bits per heavy atom. The standard InChI is InChI=1S/C14H21Cl2N3/c1-18(2)14(5-4-6-14)9-19(3)13-11(15)7-10(17)8-12(13)16/h7-8H,4-6,9,17H2,1-3H3. The second-order valence-electron chi connectivity index (χ2n) is 5.66. The Balaban J connectivity index is 2.23. The molecular weight excluding hydrogens is 281 g/mol. The van der Waals surface area contributed by atoms with Crippen LogP contribution in [0.15, 0.2) is 12.1 Å². The molecule has 1 fully saturated rings. The molecule has 0 atom stereocenters. The van der Waals surface area contributed by atoms with E-state index in [4.69, 9.17) is 28.9 Å². The predicted molar refractivity (Wildman–Crippen MR) is 84.4 cm³/mol. The van der Waals surface area contributed by atoms with Crippen molar-refractivity contribution in [2.24, 2.45) is 0 Å². The molecular formula is C14H21Cl2N3. The minimum Gasteiger partial charge on any atom is -0.399 e. The van der Waals surface area contributed by atoms with Crippen LogP contribution in [0, 0.1) is 0 Å². The van der Waals surface area contributed by atoms with Crippen LogP contribution in [0.2, 0.25) is 10.0 Å². The van der Waals surface area contributed by atoms with E-state index in [1.807, 2.05) is 7.05 Å². The third kappa shape index (κ3) is 2.78. The van der Waals surface area contributed by atoms with Gasteiger partial charge in [0.25, 0.3) is 0 Å². The summed E-state index contributed by atoms with van der Waals surface area (Å²) >= 11 is 12.6. The molecule has 1 aromatic rings. The first kappa shape index (κ1) is 14.8. The molecule has 2 rings (SSSR count). The first-order chi connectivity index (χ1) is 8.85. The number of hydrogen-bond acceptors (Lipinski definition) is 3. The second-order valence-corrected chi connectivity index (χ2v) is 6.48. The number of rotatable bonds is 4. The molecule has 0 aliphatic heterocycles. The molecule has 0 amide bonds. The zero-order valence-corrected chi connectivity index (χ0v) is 13.2. The monoisotopic (exact) mass is 301 g/mol. The van der Waals surface area contributed by atoms with E-state index in [9.17, 15) is 0 Å². The van der Waals surface area contributed by atoms with Crippen LogP contribution >= 0.6 is 23.2 Å². The van der Waals surface area contributed by atoms with Crippen LogP contribution in [0.4, 0.5) is 11.4 Å². The number of nitrogen functional groups attached to an aromatic ring is 1. The van der Waals surface area contributed by atoms with Crippen LogP contribution in [0.1, 0.15) is 19.3 Å². The molecule has 0 saturated heterocycles. The average molecular weight is 302 g/mol. The van der Waals surface area contributed by atoms with E-state index >= 15 is 0 Å². The highest BCUT2D eigenvalue weighted by Crippen LogP contribution is 2.40. The SMILES string of the molecule is CN(CC1(N(C)C)CCC1)c1c(Cl)cc(N)cc1Cl. The van der Waals surface area contributed by atoms with Crippen molar-refractivity contribution in [2.75, 3.05) is 38.3 Å². The maximum atomic E-state index is 6.28. The number of benzene rings is 1. The van der Waals surface area contributed by atoms with Crippen LogP contribution in [-0.2, 0) is 0 Å². The number of nitrogens with two attached hydrogens (primary N) is 1. The molecule has 1 aromatic carbocycles. The van der Waals surface area contributed by atoms with Gasteiger partial charge in [-0.3, -0.25) is 0 Å². The third-order valence-electron chi connectivity index (χ3n) is 4.19. The Labute approximate surface area is 125 Å². The van der Waals surface area contributed by atoms with Crippen LogP contribution in [-0.4, -0.2) is 38.1 Å². The molecule has 2 N–H and O–H groups in total. The Morgan fingerprint density at radius 1 is 1.16 bits per heavy atom. The van der Waals surface area contributed by atoms with Crippen molar-refractivity contribution < 1.29 is 0 Å². The molecule has 1 aliphatic carbocycles. The van der Waals surface area contributed by atoms with E-state index in [0.29, 0.717) is 15.7 Å². The molecule has 1 aliphatic rings. The van der Waals surface area contributed by atoms with E-state index < -0.39 is 0 Å². The summed E-state index contributed by atoms with van der Waals surface area (Å²) in [5.41, 5.74) is 7.45. The minimum atomic E-state index is 0.239. The molecule has 1 saturated carbocycles. The van der Waals surface area contributed by atoms with Gasteiger partial charge >= 0.3 is 0 Å². The zero-order chi connectivity index (χ0) is 14.2. The molecule has 0 bridgehead atoms. The quantitative estimate of drug-likeness (QED) is 0.864. The van der Waals surface area contributed by atoms with Crippen molar-refractivity contribution in [3.63, 3.8) is 0 Å². The van der Waals surface area contributed by atoms with Gasteiger partial charge in [0.1, 0.15) is 0 Å². The Hall–Kier alpha value is -0.640. The summed E-state index contributed by atoms with van der Waals surface area (Å²) in [5.74, 6) is 0. The lowest BCUT2D eigenvalue weighted by molar-refractivity contribution is 0.0683. The lowest BCUT2D eigenvalue weighted by Crippen LogP contribution is -2.56. The lowest BCUT2D eigenvalue weighted by Gasteiger charge is -2.49.